The fraction of sp³-hybridized carbons (Fsp3) is 0.211. The van der Waals surface area contributed by atoms with Crippen LogP contribution in [0.3, 0.4) is 0 Å². The fourth-order valence-corrected chi connectivity index (χ4v) is 2.95. The minimum Gasteiger partial charge on any atom is -0.486 e. The maximum absolute atomic E-state index is 12.1. The van der Waals surface area contributed by atoms with Crippen molar-refractivity contribution >= 4 is 35.2 Å². The number of rotatable bonds is 4. The zero-order valence-electron chi connectivity index (χ0n) is 13.6. The molecule has 0 saturated heterocycles. The van der Waals surface area contributed by atoms with Crippen LogP contribution in [0.15, 0.2) is 42.5 Å². The van der Waals surface area contributed by atoms with Crippen molar-refractivity contribution in [2.45, 2.75) is 13.0 Å². The molecule has 130 valence electrons. The number of carbonyl (C=O) groups is 1. The fourth-order valence-electron chi connectivity index (χ4n) is 2.48. The van der Waals surface area contributed by atoms with Gasteiger partial charge in [-0.15, -0.1) is 0 Å². The van der Waals surface area contributed by atoms with E-state index in [9.17, 15) is 4.79 Å². The van der Waals surface area contributed by atoms with Crippen LogP contribution in [0.1, 0.15) is 24.1 Å². The van der Waals surface area contributed by atoms with Gasteiger partial charge in [0.15, 0.2) is 11.5 Å². The molecule has 0 spiro atoms. The molecule has 1 aliphatic heterocycles. The van der Waals surface area contributed by atoms with Gasteiger partial charge in [0.25, 0.3) is 0 Å². The zero-order chi connectivity index (χ0) is 17.8. The first-order valence-corrected chi connectivity index (χ1v) is 8.62. The van der Waals surface area contributed by atoms with E-state index in [-0.39, 0.29) is 11.9 Å². The molecule has 1 amide bonds. The van der Waals surface area contributed by atoms with Crippen molar-refractivity contribution in [2.75, 3.05) is 13.2 Å². The number of hydrogen-bond donors (Lipinski definition) is 1. The van der Waals surface area contributed by atoms with Crippen molar-refractivity contribution in [3.8, 4) is 11.5 Å². The minimum atomic E-state index is -0.214. The van der Waals surface area contributed by atoms with Gasteiger partial charge >= 0.3 is 0 Å². The van der Waals surface area contributed by atoms with Crippen LogP contribution in [0.25, 0.3) is 6.08 Å². The molecule has 0 bridgehead atoms. The summed E-state index contributed by atoms with van der Waals surface area (Å²) in [6.07, 6.45) is 3.11. The molecule has 0 fully saturated rings. The zero-order valence-corrected chi connectivity index (χ0v) is 15.1. The number of hydrogen-bond acceptors (Lipinski definition) is 3. The van der Waals surface area contributed by atoms with Gasteiger partial charge in [-0.3, -0.25) is 4.79 Å². The molecule has 0 aliphatic carbocycles. The van der Waals surface area contributed by atoms with E-state index in [0.717, 1.165) is 16.9 Å². The molecular weight excluding hydrogens is 361 g/mol. The van der Waals surface area contributed by atoms with Gasteiger partial charge in [-0.1, -0.05) is 35.3 Å². The summed E-state index contributed by atoms with van der Waals surface area (Å²) in [5.74, 6) is 1.22. The van der Waals surface area contributed by atoms with Crippen LogP contribution in [-0.2, 0) is 4.79 Å². The quantitative estimate of drug-likeness (QED) is 0.788. The summed E-state index contributed by atoms with van der Waals surface area (Å²) in [6.45, 7) is 2.99. The van der Waals surface area contributed by atoms with Crippen LogP contribution in [-0.4, -0.2) is 19.1 Å². The smallest absolute Gasteiger partial charge is 0.244 e. The highest BCUT2D eigenvalue weighted by Gasteiger charge is 2.15. The summed E-state index contributed by atoms with van der Waals surface area (Å²) in [5.41, 5.74) is 1.67. The monoisotopic (exact) mass is 377 g/mol. The maximum atomic E-state index is 12.1. The normalized spacial score (nSPS) is 14.4. The Bertz CT molecular complexity index is 820. The highest BCUT2D eigenvalue weighted by atomic mass is 35.5. The SMILES string of the molecule is CC(NC(=O)C=Cc1ccc(Cl)cc1Cl)c1ccc2c(c1)OCCO2. The first-order valence-electron chi connectivity index (χ1n) is 7.86. The second kappa shape index (κ2) is 7.81. The van der Waals surface area contributed by atoms with Crippen LogP contribution in [0.2, 0.25) is 10.0 Å². The van der Waals surface area contributed by atoms with Crippen molar-refractivity contribution in [1.29, 1.82) is 0 Å². The standard InChI is InChI=1S/C19H17Cl2NO3/c1-12(14-3-6-17-18(10-14)25-9-8-24-17)22-19(23)7-4-13-2-5-15(20)11-16(13)21/h2-7,10-12H,8-9H2,1H3,(H,22,23). The Morgan fingerprint density at radius 3 is 2.64 bits per heavy atom. The summed E-state index contributed by atoms with van der Waals surface area (Å²) < 4.78 is 11.1. The van der Waals surface area contributed by atoms with Crippen molar-refractivity contribution in [3.63, 3.8) is 0 Å². The largest absolute Gasteiger partial charge is 0.486 e. The Labute approximate surface area is 156 Å². The molecule has 0 aromatic heterocycles. The minimum absolute atomic E-state index is 0.173. The van der Waals surface area contributed by atoms with Crippen LogP contribution < -0.4 is 14.8 Å². The number of fused-ring (bicyclic) bond motifs is 1. The molecule has 6 heteroatoms. The molecule has 0 radical (unpaired) electrons. The van der Waals surface area contributed by atoms with Crippen LogP contribution in [0.4, 0.5) is 0 Å². The van der Waals surface area contributed by atoms with Crippen molar-refractivity contribution in [2.24, 2.45) is 0 Å². The van der Waals surface area contributed by atoms with E-state index >= 15 is 0 Å². The molecule has 2 aromatic carbocycles. The molecule has 1 N–H and O–H groups in total. The number of ether oxygens (including phenoxy) is 2. The van der Waals surface area contributed by atoms with E-state index in [2.05, 4.69) is 5.32 Å². The van der Waals surface area contributed by atoms with E-state index in [4.69, 9.17) is 32.7 Å². The highest BCUT2D eigenvalue weighted by molar-refractivity contribution is 6.35. The summed E-state index contributed by atoms with van der Waals surface area (Å²) in [5, 5.41) is 3.96. The van der Waals surface area contributed by atoms with Crippen molar-refractivity contribution in [3.05, 3.63) is 63.6 Å². The van der Waals surface area contributed by atoms with Gasteiger partial charge in [-0.05, 0) is 48.4 Å². The van der Waals surface area contributed by atoms with Gasteiger partial charge in [-0.2, -0.15) is 0 Å². The summed E-state index contributed by atoms with van der Waals surface area (Å²) in [7, 11) is 0. The van der Waals surface area contributed by atoms with E-state index in [0.29, 0.717) is 29.0 Å². The van der Waals surface area contributed by atoms with E-state index in [1.54, 1.807) is 24.3 Å². The lowest BCUT2D eigenvalue weighted by Gasteiger charge is -2.20. The average Bonchev–Trinajstić information content (AvgIpc) is 2.60. The van der Waals surface area contributed by atoms with Gasteiger partial charge in [0, 0.05) is 16.1 Å². The Morgan fingerprint density at radius 1 is 1.12 bits per heavy atom. The molecular formula is C19H17Cl2NO3. The number of nitrogens with one attached hydrogen (secondary N) is 1. The second-order valence-corrected chi connectivity index (χ2v) is 6.48. The van der Waals surface area contributed by atoms with Gasteiger partial charge in [0.1, 0.15) is 13.2 Å². The molecule has 1 heterocycles. The van der Waals surface area contributed by atoms with Crippen molar-refractivity contribution in [1.82, 2.24) is 5.32 Å². The third-order valence-electron chi connectivity index (χ3n) is 3.80. The van der Waals surface area contributed by atoms with E-state index in [1.807, 2.05) is 25.1 Å². The Hall–Kier alpha value is -2.17. The molecule has 1 unspecified atom stereocenters. The Kier molecular flexibility index (Phi) is 5.51. The Morgan fingerprint density at radius 2 is 1.88 bits per heavy atom. The second-order valence-electron chi connectivity index (χ2n) is 5.63. The van der Waals surface area contributed by atoms with E-state index in [1.165, 1.54) is 6.08 Å². The summed E-state index contributed by atoms with van der Waals surface area (Å²) in [4.78, 5) is 12.1. The molecule has 3 rings (SSSR count). The molecule has 1 aliphatic rings. The topological polar surface area (TPSA) is 47.6 Å². The average molecular weight is 378 g/mol. The third kappa shape index (κ3) is 4.47. The predicted molar refractivity (Wildman–Crippen MR) is 99.5 cm³/mol. The van der Waals surface area contributed by atoms with Crippen LogP contribution in [0, 0.1) is 0 Å². The molecule has 4 nitrogen and oxygen atoms in total. The summed E-state index contributed by atoms with van der Waals surface area (Å²) >= 11 is 11.9. The number of amides is 1. The van der Waals surface area contributed by atoms with Gasteiger partial charge in [-0.25, -0.2) is 0 Å². The third-order valence-corrected chi connectivity index (χ3v) is 4.36. The molecule has 25 heavy (non-hydrogen) atoms. The van der Waals surface area contributed by atoms with Gasteiger partial charge in [0.05, 0.1) is 6.04 Å². The van der Waals surface area contributed by atoms with Crippen molar-refractivity contribution < 1.29 is 14.3 Å². The predicted octanol–water partition coefficient (Wildman–Crippen LogP) is 4.66. The maximum Gasteiger partial charge on any atom is 0.244 e. The lowest BCUT2D eigenvalue weighted by atomic mass is 10.1. The number of halogens is 2. The molecule has 2 aromatic rings. The first kappa shape index (κ1) is 17.6. The van der Waals surface area contributed by atoms with E-state index < -0.39 is 0 Å². The Balaban J connectivity index is 1.65. The van der Waals surface area contributed by atoms with Crippen LogP contribution >= 0.6 is 23.2 Å². The first-order chi connectivity index (χ1) is 12.0. The number of benzene rings is 2. The molecule has 1 atom stereocenters. The van der Waals surface area contributed by atoms with Crippen LogP contribution in [0.5, 0.6) is 11.5 Å². The lowest BCUT2D eigenvalue weighted by molar-refractivity contribution is -0.117. The van der Waals surface area contributed by atoms with Gasteiger partial charge < -0.3 is 14.8 Å². The number of carbonyl (C=O) groups excluding carboxylic acids is 1. The molecule has 0 saturated carbocycles. The lowest BCUT2D eigenvalue weighted by Crippen LogP contribution is -2.25. The summed E-state index contributed by atoms with van der Waals surface area (Å²) in [6, 6.07) is 10.6. The highest BCUT2D eigenvalue weighted by Crippen LogP contribution is 2.32. The van der Waals surface area contributed by atoms with Gasteiger partial charge in [0.2, 0.25) is 5.91 Å².